The molecule has 2 heterocycles. The summed E-state index contributed by atoms with van der Waals surface area (Å²) in [5.74, 6) is 0.618. The van der Waals surface area contributed by atoms with Gasteiger partial charge in [-0.15, -0.1) is 0 Å². The minimum absolute atomic E-state index is 0.138. The minimum Gasteiger partial charge on any atom is -0.369 e. The summed E-state index contributed by atoms with van der Waals surface area (Å²) < 4.78 is 0. The van der Waals surface area contributed by atoms with Crippen molar-refractivity contribution in [2.24, 2.45) is 4.99 Å². The maximum atomic E-state index is 12.5. The number of carbonyl (C=O) groups excluding carboxylic acids is 2. The fourth-order valence-electron chi connectivity index (χ4n) is 4.11. The van der Waals surface area contributed by atoms with Crippen LogP contribution < -0.4 is 20.9 Å². The predicted octanol–water partition coefficient (Wildman–Crippen LogP) is 2.24. The summed E-state index contributed by atoms with van der Waals surface area (Å²) in [5.41, 5.74) is 1.76. The summed E-state index contributed by atoms with van der Waals surface area (Å²) in [5, 5.41) is 9.63. The number of benzene rings is 1. The van der Waals surface area contributed by atoms with E-state index in [9.17, 15) is 9.59 Å². The third kappa shape index (κ3) is 5.48. The van der Waals surface area contributed by atoms with Crippen LogP contribution >= 0.6 is 0 Å². The number of guanidine groups is 1. The Bertz CT molecular complexity index is 809. The van der Waals surface area contributed by atoms with E-state index in [0.29, 0.717) is 32.0 Å². The molecule has 2 saturated heterocycles. The van der Waals surface area contributed by atoms with Crippen molar-refractivity contribution in [1.82, 2.24) is 20.9 Å². The van der Waals surface area contributed by atoms with Gasteiger partial charge >= 0.3 is 6.03 Å². The maximum absolute atomic E-state index is 12.5. The van der Waals surface area contributed by atoms with Crippen LogP contribution in [0.3, 0.4) is 0 Å². The minimum atomic E-state index is -0.771. The molecule has 3 rings (SSSR count). The number of nitrogens with one attached hydrogen (secondary N) is 3. The second-order valence-electron chi connectivity index (χ2n) is 8.69. The lowest BCUT2D eigenvalue weighted by atomic mass is 9.99. The molecule has 2 aliphatic heterocycles. The topological polar surface area (TPSA) is 89.1 Å². The summed E-state index contributed by atoms with van der Waals surface area (Å²) >= 11 is 0. The van der Waals surface area contributed by atoms with Crippen molar-refractivity contribution in [2.45, 2.75) is 58.0 Å². The summed E-state index contributed by atoms with van der Waals surface area (Å²) in [6, 6.07) is 8.70. The Kier molecular flexibility index (Phi) is 7.41. The number of nitrogens with zero attached hydrogens (tertiary/aromatic N) is 3. The molecule has 0 aromatic heterocycles. The Morgan fingerprint density at radius 2 is 2.03 bits per heavy atom. The SMILES string of the molecule is CCC1(C)NC(=O)N(CCCNC(=NC)NC2CCCN(c3ccc(C)cc3)C2)C1=O. The van der Waals surface area contributed by atoms with Gasteiger partial charge in [0.1, 0.15) is 5.54 Å². The molecule has 0 saturated carbocycles. The number of amides is 3. The summed E-state index contributed by atoms with van der Waals surface area (Å²) in [6.45, 7) is 8.82. The number of imide groups is 1. The highest BCUT2D eigenvalue weighted by Gasteiger charge is 2.45. The molecule has 1 aromatic rings. The number of hydrogen-bond acceptors (Lipinski definition) is 4. The smallest absolute Gasteiger partial charge is 0.325 e. The number of carbonyl (C=O) groups is 2. The van der Waals surface area contributed by atoms with Crippen molar-refractivity contribution in [3.8, 4) is 0 Å². The predicted molar refractivity (Wildman–Crippen MR) is 124 cm³/mol. The molecule has 170 valence electrons. The van der Waals surface area contributed by atoms with Crippen molar-refractivity contribution in [3.63, 3.8) is 0 Å². The molecule has 8 heteroatoms. The van der Waals surface area contributed by atoms with Gasteiger partial charge in [0.15, 0.2) is 5.96 Å². The molecule has 0 radical (unpaired) electrons. The van der Waals surface area contributed by atoms with Crippen molar-refractivity contribution >= 4 is 23.6 Å². The van der Waals surface area contributed by atoms with E-state index in [1.54, 1.807) is 14.0 Å². The van der Waals surface area contributed by atoms with Crippen LogP contribution in [0.1, 0.15) is 45.1 Å². The first-order chi connectivity index (χ1) is 14.9. The van der Waals surface area contributed by atoms with Crippen LogP contribution in [0.2, 0.25) is 0 Å². The van der Waals surface area contributed by atoms with Gasteiger partial charge in [0.25, 0.3) is 5.91 Å². The first-order valence-electron chi connectivity index (χ1n) is 11.3. The van der Waals surface area contributed by atoms with Crippen molar-refractivity contribution in [1.29, 1.82) is 0 Å². The molecule has 0 aliphatic carbocycles. The van der Waals surface area contributed by atoms with E-state index >= 15 is 0 Å². The number of anilines is 1. The molecule has 2 fully saturated rings. The van der Waals surface area contributed by atoms with Crippen LogP contribution in [0.4, 0.5) is 10.5 Å². The quantitative estimate of drug-likeness (QED) is 0.268. The highest BCUT2D eigenvalue weighted by atomic mass is 16.2. The van der Waals surface area contributed by atoms with Crippen molar-refractivity contribution < 1.29 is 9.59 Å². The molecular weight excluding hydrogens is 392 g/mol. The van der Waals surface area contributed by atoms with Crippen LogP contribution in [0.15, 0.2) is 29.3 Å². The zero-order valence-corrected chi connectivity index (χ0v) is 19.2. The number of rotatable bonds is 7. The number of piperidine rings is 1. The van der Waals surface area contributed by atoms with Crippen molar-refractivity contribution in [2.75, 3.05) is 38.1 Å². The molecule has 0 bridgehead atoms. The number of urea groups is 1. The summed E-state index contributed by atoms with van der Waals surface area (Å²) in [4.78, 5) is 32.6. The molecule has 2 aliphatic rings. The van der Waals surface area contributed by atoms with E-state index in [4.69, 9.17) is 0 Å². The van der Waals surface area contributed by atoms with Gasteiger partial charge in [-0.25, -0.2) is 4.79 Å². The number of aliphatic imine (C=N–C) groups is 1. The average Bonchev–Trinajstić information content (AvgIpc) is 2.99. The van der Waals surface area contributed by atoms with Crippen LogP contribution in [-0.4, -0.2) is 67.6 Å². The van der Waals surface area contributed by atoms with Crippen molar-refractivity contribution in [3.05, 3.63) is 29.8 Å². The zero-order valence-electron chi connectivity index (χ0n) is 19.2. The Hall–Kier alpha value is -2.77. The summed E-state index contributed by atoms with van der Waals surface area (Å²) in [6.07, 6.45) is 3.48. The highest BCUT2D eigenvalue weighted by Crippen LogP contribution is 2.21. The van der Waals surface area contributed by atoms with E-state index in [-0.39, 0.29) is 11.9 Å². The molecule has 2 unspecified atom stereocenters. The van der Waals surface area contributed by atoms with Gasteiger partial charge in [0.05, 0.1) is 0 Å². The standard InChI is InChI=1S/C23H36N6O2/c1-5-23(3)20(30)29(22(31)27-23)15-7-13-25-21(24-4)26-18-8-6-14-28(16-18)19-11-9-17(2)10-12-19/h9-12,18H,5-8,13-16H2,1-4H3,(H,27,31)(H2,24,25,26). The largest absolute Gasteiger partial charge is 0.369 e. The van der Waals surface area contributed by atoms with Gasteiger partial charge < -0.3 is 20.9 Å². The third-order valence-corrected chi connectivity index (χ3v) is 6.29. The highest BCUT2D eigenvalue weighted by molar-refractivity contribution is 6.06. The molecule has 3 N–H and O–H groups in total. The molecule has 31 heavy (non-hydrogen) atoms. The van der Waals surface area contributed by atoms with Gasteiger partial charge in [0, 0.05) is 45.0 Å². The second kappa shape index (κ2) is 10.0. The first-order valence-corrected chi connectivity index (χ1v) is 11.3. The Morgan fingerprint density at radius 1 is 1.29 bits per heavy atom. The zero-order chi connectivity index (χ0) is 22.4. The molecule has 1 aromatic carbocycles. The summed E-state index contributed by atoms with van der Waals surface area (Å²) in [7, 11) is 1.76. The Labute approximate surface area is 185 Å². The van der Waals surface area contributed by atoms with Crippen LogP contribution in [0, 0.1) is 6.92 Å². The van der Waals surface area contributed by atoms with Crippen LogP contribution in [-0.2, 0) is 4.79 Å². The molecular formula is C23H36N6O2. The van der Waals surface area contributed by atoms with Crippen LogP contribution in [0.5, 0.6) is 0 Å². The lowest BCUT2D eigenvalue weighted by Crippen LogP contribution is -2.51. The van der Waals surface area contributed by atoms with E-state index < -0.39 is 5.54 Å². The molecule has 8 nitrogen and oxygen atoms in total. The van der Waals surface area contributed by atoms with E-state index in [1.807, 2.05) is 6.92 Å². The normalized spacial score (nSPS) is 24.4. The Morgan fingerprint density at radius 3 is 2.68 bits per heavy atom. The molecule has 2 atom stereocenters. The maximum Gasteiger partial charge on any atom is 0.325 e. The monoisotopic (exact) mass is 428 g/mol. The lowest BCUT2D eigenvalue weighted by molar-refractivity contribution is -0.130. The average molecular weight is 429 g/mol. The van der Waals surface area contributed by atoms with Gasteiger partial charge in [-0.3, -0.25) is 14.7 Å². The Balaban J connectivity index is 1.44. The molecule has 3 amide bonds. The third-order valence-electron chi connectivity index (χ3n) is 6.29. The second-order valence-corrected chi connectivity index (χ2v) is 8.69. The van der Waals surface area contributed by atoms with Gasteiger partial charge in [-0.1, -0.05) is 24.6 Å². The van der Waals surface area contributed by atoms with Crippen LogP contribution in [0.25, 0.3) is 0 Å². The fraction of sp³-hybridized carbons (Fsp3) is 0.609. The van der Waals surface area contributed by atoms with Gasteiger partial charge in [0.2, 0.25) is 0 Å². The van der Waals surface area contributed by atoms with Gasteiger partial charge in [-0.05, 0) is 51.7 Å². The van der Waals surface area contributed by atoms with E-state index in [0.717, 1.165) is 31.9 Å². The number of hydrogen-bond donors (Lipinski definition) is 3. The first kappa shape index (κ1) is 22.9. The molecule has 0 spiro atoms. The fourth-order valence-corrected chi connectivity index (χ4v) is 4.11. The number of aryl methyl sites for hydroxylation is 1. The lowest BCUT2D eigenvalue weighted by Gasteiger charge is -2.35. The van der Waals surface area contributed by atoms with Gasteiger partial charge in [-0.2, -0.15) is 0 Å². The van der Waals surface area contributed by atoms with E-state index in [2.05, 4.69) is 57.0 Å². The van der Waals surface area contributed by atoms with E-state index in [1.165, 1.54) is 16.2 Å².